The quantitative estimate of drug-likeness (QED) is 0.813. The van der Waals surface area contributed by atoms with Crippen molar-refractivity contribution in [2.75, 3.05) is 11.9 Å². The Kier molecular flexibility index (Phi) is 3.50. The van der Waals surface area contributed by atoms with Crippen LogP contribution in [0.5, 0.6) is 0 Å². The Morgan fingerprint density at radius 2 is 1.95 bits per heavy atom. The normalized spacial score (nSPS) is 20.6. The van der Waals surface area contributed by atoms with Crippen molar-refractivity contribution in [3.63, 3.8) is 0 Å². The molecule has 2 N–H and O–H groups in total. The zero-order valence-electron chi connectivity index (χ0n) is 11.9. The van der Waals surface area contributed by atoms with Gasteiger partial charge in [-0.3, -0.25) is 0 Å². The lowest BCUT2D eigenvalue weighted by Gasteiger charge is -2.17. The fourth-order valence-corrected chi connectivity index (χ4v) is 3.93. The molecule has 0 amide bonds. The van der Waals surface area contributed by atoms with E-state index in [0.717, 1.165) is 31.5 Å². The fraction of sp³-hybridized carbons (Fsp3) is 0.600. The average molecular weight is 294 g/mol. The molecule has 20 heavy (non-hydrogen) atoms. The van der Waals surface area contributed by atoms with Gasteiger partial charge in [0.05, 0.1) is 5.69 Å². The molecule has 1 aromatic carbocycles. The maximum atomic E-state index is 12.4. The van der Waals surface area contributed by atoms with Crippen molar-refractivity contribution in [2.24, 2.45) is 5.41 Å². The van der Waals surface area contributed by atoms with Crippen LogP contribution in [0.2, 0.25) is 0 Å². The lowest BCUT2D eigenvalue weighted by molar-refractivity contribution is 0.520. The Bertz CT molecular complexity index is 590. The van der Waals surface area contributed by atoms with Crippen LogP contribution in [0.4, 0.5) is 5.69 Å². The van der Waals surface area contributed by atoms with E-state index in [9.17, 15) is 8.42 Å². The third-order valence-corrected chi connectivity index (χ3v) is 6.02. The highest BCUT2D eigenvalue weighted by Gasteiger charge is 2.40. The molecule has 0 aromatic heterocycles. The molecule has 4 nitrogen and oxygen atoms in total. The number of para-hydroxylation sites is 1. The van der Waals surface area contributed by atoms with Crippen LogP contribution in [0.25, 0.3) is 0 Å². The summed E-state index contributed by atoms with van der Waals surface area (Å²) in [4.78, 5) is 0.374. The molecule has 110 valence electrons. The summed E-state index contributed by atoms with van der Waals surface area (Å²) in [7, 11) is -3.39. The molecule has 0 aliphatic heterocycles. The number of benzene rings is 1. The molecule has 2 saturated carbocycles. The van der Waals surface area contributed by atoms with Gasteiger partial charge in [0.15, 0.2) is 0 Å². The standard InChI is InChI=1S/C15H22N2O2S/c1-2-15(9-10-15)11-16-13-5-3-4-6-14(13)20(18,19)17-12-7-8-12/h3-6,12,16-17H,2,7-11H2,1H3. The van der Waals surface area contributed by atoms with Gasteiger partial charge in [-0.15, -0.1) is 0 Å². The third-order valence-electron chi connectivity index (χ3n) is 4.44. The number of hydrogen-bond acceptors (Lipinski definition) is 3. The summed E-state index contributed by atoms with van der Waals surface area (Å²) < 4.78 is 27.5. The number of hydrogen-bond donors (Lipinski definition) is 2. The van der Waals surface area contributed by atoms with E-state index in [1.54, 1.807) is 12.1 Å². The van der Waals surface area contributed by atoms with Gasteiger partial charge < -0.3 is 5.32 Å². The van der Waals surface area contributed by atoms with E-state index in [1.807, 2.05) is 12.1 Å². The molecule has 0 radical (unpaired) electrons. The summed E-state index contributed by atoms with van der Waals surface area (Å²) in [6.07, 6.45) is 5.54. The van der Waals surface area contributed by atoms with E-state index in [-0.39, 0.29) is 6.04 Å². The molecule has 5 heteroatoms. The first kappa shape index (κ1) is 13.9. The Balaban J connectivity index is 1.77. The van der Waals surface area contributed by atoms with E-state index < -0.39 is 10.0 Å². The molecular weight excluding hydrogens is 272 g/mol. The summed E-state index contributed by atoms with van der Waals surface area (Å²) in [6.45, 7) is 3.06. The SMILES string of the molecule is CCC1(CNc2ccccc2S(=O)(=O)NC2CC2)CC1. The lowest BCUT2D eigenvalue weighted by atomic mass is 10.0. The number of nitrogens with one attached hydrogen (secondary N) is 2. The van der Waals surface area contributed by atoms with E-state index >= 15 is 0 Å². The van der Waals surface area contributed by atoms with Gasteiger partial charge in [-0.1, -0.05) is 19.1 Å². The minimum absolute atomic E-state index is 0.137. The average Bonchev–Trinajstić information content (AvgIpc) is 3.33. The summed E-state index contributed by atoms with van der Waals surface area (Å²) in [6, 6.07) is 7.33. The molecule has 0 bridgehead atoms. The van der Waals surface area contributed by atoms with Crippen LogP contribution < -0.4 is 10.0 Å². The van der Waals surface area contributed by atoms with Crippen LogP contribution >= 0.6 is 0 Å². The molecule has 0 atom stereocenters. The molecule has 0 saturated heterocycles. The van der Waals surface area contributed by atoms with E-state index in [1.165, 1.54) is 12.8 Å². The van der Waals surface area contributed by atoms with Crippen LogP contribution in [0.15, 0.2) is 29.2 Å². The van der Waals surface area contributed by atoms with E-state index in [2.05, 4.69) is 17.0 Å². The third kappa shape index (κ3) is 2.99. The second kappa shape index (κ2) is 5.04. The minimum atomic E-state index is -3.39. The lowest BCUT2D eigenvalue weighted by Crippen LogP contribution is -2.27. The molecule has 2 aliphatic rings. The number of rotatable bonds is 7. The topological polar surface area (TPSA) is 58.2 Å². The van der Waals surface area contributed by atoms with Gasteiger partial charge >= 0.3 is 0 Å². The van der Waals surface area contributed by atoms with Crippen molar-refractivity contribution in [1.29, 1.82) is 0 Å². The predicted octanol–water partition coefficient (Wildman–Crippen LogP) is 2.73. The van der Waals surface area contributed by atoms with Crippen LogP contribution in [0.3, 0.4) is 0 Å². The molecule has 2 fully saturated rings. The van der Waals surface area contributed by atoms with E-state index in [4.69, 9.17) is 0 Å². The van der Waals surface area contributed by atoms with Gasteiger partial charge in [0.2, 0.25) is 10.0 Å². The van der Waals surface area contributed by atoms with Crippen molar-refractivity contribution < 1.29 is 8.42 Å². The van der Waals surface area contributed by atoms with E-state index in [0.29, 0.717) is 10.3 Å². The highest BCUT2D eigenvalue weighted by molar-refractivity contribution is 7.89. The van der Waals surface area contributed by atoms with Crippen molar-refractivity contribution >= 4 is 15.7 Å². The van der Waals surface area contributed by atoms with Crippen molar-refractivity contribution in [3.05, 3.63) is 24.3 Å². The predicted molar refractivity (Wildman–Crippen MR) is 80.2 cm³/mol. The second-order valence-electron chi connectivity index (χ2n) is 6.10. The molecular formula is C15H22N2O2S. The Morgan fingerprint density at radius 1 is 1.25 bits per heavy atom. The van der Waals surface area contributed by atoms with Crippen molar-refractivity contribution in [1.82, 2.24) is 4.72 Å². The highest BCUT2D eigenvalue weighted by atomic mass is 32.2. The van der Waals surface area contributed by atoms with Gasteiger partial charge in [-0.2, -0.15) is 0 Å². The maximum Gasteiger partial charge on any atom is 0.242 e. The fourth-order valence-electron chi connectivity index (χ4n) is 2.45. The van der Waals surface area contributed by atoms with Gasteiger partial charge in [-0.25, -0.2) is 13.1 Å². The van der Waals surface area contributed by atoms with Gasteiger partial charge in [0.1, 0.15) is 4.90 Å². The molecule has 0 unspecified atom stereocenters. The van der Waals surface area contributed by atoms with Gasteiger partial charge in [0, 0.05) is 12.6 Å². The van der Waals surface area contributed by atoms with Crippen molar-refractivity contribution in [3.8, 4) is 0 Å². The molecule has 0 heterocycles. The Labute approximate surface area is 121 Å². The largest absolute Gasteiger partial charge is 0.383 e. The maximum absolute atomic E-state index is 12.4. The van der Waals surface area contributed by atoms with Crippen LogP contribution in [-0.2, 0) is 10.0 Å². The van der Waals surface area contributed by atoms with Crippen LogP contribution in [-0.4, -0.2) is 21.0 Å². The first-order valence-electron chi connectivity index (χ1n) is 7.40. The molecule has 0 spiro atoms. The first-order chi connectivity index (χ1) is 9.55. The Hall–Kier alpha value is -1.07. The van der Waals surface area contributed by atoms with Gasteiger partial charge in [-0.05, 0) is 49.7 Å². The highest BCUT2D eigenvalue weighted by Crippen LogP contribution is 2.48. The smallest absolute Gasteiger partial charge is 0.242 e. The monoisotopic (exact) mass is 294 g/mol. The van der Waals surface area contributed by atoms with Crippen LogP contribution in [0.1, 0.15) is 39.0 Å². The zero-order chi connectivity index (χ0) is 14.2. The molecule has 3 rings (SSSR count). The first-order valence-corrected chi connectivity index (χ1v) is 8.88. The Morgan fingerprint density at radius 3 is 2.55 bits per heavy atom. The van der Waals surface area contributed by atoms with Gasteiger partial charge in [0.25, 0.3) is 0 Å². The minimum Gasteiger partial charge on any atom is -0.383 e. The number of anilines is 1. The zero-order valence-corrected chi connectivity index (χ0v) is 12.7. The number of sulfonamides is 1. The summed E-state index contributed by atoms with van der Waals surface area (Å²) in [5.74, 6) is 0. The second-order valence-corrected chi connectivity index (χ2v) is 7.78. The summed E-state index contributed by atoms with van der Waals surface area (Å²) in [5, 5.41) is 3.35. The molecule has 1 aromatic rings. The summed E-state index contributed by atoms with van der Waals surface area (Å²) in [5.41, 5.74) is 1.11. The summed E-state index contributed by atoms with van der Waals surface area (Å²) >= 11 is 0. The molecule has 2 aliphatic carbocycles. The van der Waals surface area contributed by atoms with Crippen molar-refractivity contribution in [2.45, 2.75) is 50.0 Å². The van der Waals surface area contributed by atoms with Crippen LogP contribution in [0, 0.1) is 5.41 Å².